The lowest BCUT2D eigenvalue weighted by Gasteiger charge is -2.26. The third-order valence-electron chi connectivity index (χ3n) is 3.03. The zero-order valence-corrected chi connectivity index (χ0v) is 11.9. The third kappa shape index (κ3) is 7.16. The molecule has 0 aromatic carbocycles. The number of hydrogen-bond donors (Lipinski definition) is 1. The fourth-order valence-corrected chi connectivity index (χ4v) is 1.82. The van der Waals surface area contributed by atoms with Crippen LogP contribution in [0.15, 0.2) is 12.2 Å². The van der Waals surface area contributed by atoms with Gasteiger partial charge in [-0.15, -0.1) is 0 Å². The molecule has 0 fully saturated rings. The smallest absolute Gasteiger partial charge is 0.222 e. The Morgan fingerprint density at radius 2 is 1.94 bits per heavy atom. The van der Waals surface area contributed by atoms with Crippen LogP contribution in [0.1, 0.15) is 47.0 Å². The minimum absolute atomic E-state index is 0.160. The minimum atomic E-state index is 0.160. The summed E-state index contributed by atoms with van der Waals surface area (Å²) in [4.78, 5) is 13.9. The number of nitrogens with zero attached hydrogens (tertiary/aromatic N) is 1. The topological polar surface area (TPSA) is 46.3 Å². The van der Waals surface area contributed by atoms with Gasteiger partial charge in [-0.25, -0.2) is 0 Å². The molecule has 100 valence electrons. The number of carbonyl (C=O) groups is 1. The van der Waals surface area contributed by atoms with E-state index in [1.165, 1.54) is 0 Å². The van der Waals surface area contributed by atoms with Gasteiger partial charge in [0.05, 0.1) is 0 Å². The second-order valence-corrected chi connectivity index (χ2v) is 5.57. The van der Waals surface area contributed by atoms with Crippen LogP contribution in [0.2, 0.25) is 0 Å². The molecule has 0 spiro atoms. The van der Waals surface area contributed by atoms with Crippen LogP contribution >= 0.6 is 0 Å². The van der Waals surface area contributed by atoms with Gasteiger partial charge >= 0.3 is 0 Å². The van der Waals surface area contributed by atoms with Gasteiger partial charge in [0.1, 0.15) is 0 Å². The molecule has 0 rings (SSSR count). The van der Waals surface area contributed by atoms with Crippen molar-refractivity contribution in [1.82, 2.24) is 4.90 Å². The van der Waals surface area contributed by atoms with E-state index in [1.54, 1.807) is 0 Å². The molecule has 0 unspecified atom stereocenters. The van der Waals surface area contributed by atoms with Crippen LogP contribution in [-0.4, -0.2) is 30.4 Å². The van der Waals surface area contributed by atoms with Crippen LogP contribution in [0.5, 0.6) is 0 Å². The average Bonchev–Trinajstić information content (AvgIpc) is 2.22. The summed E-state index contributed by atoms with van der Waals surface area (Å²) < 4.78 is 0. The van der Waals surface area contributed by atoms with Crippen LogP contribution in [0, 0.1) is 5.41 Å². The highest BCUT2D eigenvalue weighted by atomic mass is 16.2. The summed E-state index contributed by atoms with van der Waals surface area (Å²) in [6.07, 6.45) is 2.47. The first-order chi connectivity index (χ1) is 7.82. The van der Waals surface area contributed by atoms with Crippen molar-refractivity contribution >= 4 is 5.91 Å². The Hall–Kier alpha value is -0.830. The second-order valence-electron chi connectivity index (χ2n) is 5.57. The van der Waals surface area contributed by atoms with Gasteiger partial charge in [0.25, 0.3) is 0 Å². The molecule has 3 nitrogen and oxygen atoms in total. The van der Waals surface area contributed by atoms with Crippen molar-refractivity contribution in [3.63, 3.8) is 0 Å². The monoisotopic (exact) mass is 240 g/mol. The van der Waals surface area contributed by atoms with Crippen molar-refractivity contribution in [3.05, 3.63) is 12.2 Å². The zero-order chi connectivity index (χ0) is 13.5. The lowest BCUT2D eigenvalue weighted by molar-refractivity contribution is -0.131. The Morgan fingerprint density at radius 1 is 1.35 bits per heavy atom. The van der Waals surface area contributed by atoms with Gasteiger partial charge in [-0.2, -0.15) is 0 Å². The van der Waals surface area contributed by atoms with Crippen LogP contribution in [0.4, 0.5) is 0 Å². The maximum absolute atomic E-state index is 12.0. The Kier molecular flexibility index (Phi) is 7.12. The molecule has 0 atom stereocenters. The third-order valence-corrected chi connectivity index (χ3v) is 3.03. The molecule has 0 aromatic rings. The fourth-order valence-electron chi connectivity index (χ4n) is 1.82. The lowest BCUT2D eigenvalue weighted by atomic mass is 9.84. The molecule has 0 radical (unpaired) electrons. The molecular formula is C14H28N2O. The van der Waals surface area contributed by atoms with Crippen molar-refractivity contribution in [3.8, 4) is 0 Å². The molecule has 0 aliphatic carbocycles. The van der Waals surface area contributed by atoms with Crippen molar-refractivity contribution < 1.29 is 4.79 Å². The first kappa shape index (κ1) is 16.2. The van der Waals surface area contributed by atoms with E-state index in [0.717, 1.165) is 25.0 Å². The van der Waals surface area contributed by atoms with E-state index in [9.17, 15) is 4.79 Å². The van der Waals surface area contributed by atoms with E-state index in [1.807, 2.05) is 18.7 Å². The van der Waals surface area contributed by atoms with E-state index in [-0.39, 0.29) is 11.3 Å². The van der Waals surface area contributed by atoms with Crippen LogP contribution in [0.3, 0.4) is 0 Å². The highest BCUT2D eigenvalue weighted by Gasteiger charge is 2.20. The van der Waals surface area contributed by atoms with Gasteiger partial charge in [0.2, 0.25) is 5.91 Å². The molecule has 0 bridgehead atoms. The Morgan fingerprint density at radius 3 is 2.35 bits per heavy atom. The summed E-state index contributed by atoms with van der Waals surface area (Å²) in [6.45, 7) is 14.3. The van der Waals surface area contributed by atoms with Crippen LogP contribution in [-0.2, 0) is 4.79 Å². The molecule has 17 heavy (non-hydrogen) atoms. The molecule has 0 saturated carbocycles. The molecule has 0 aromatic heterocycles. The number of carbonyl (C=O) groups excluding carboxylic acids is 1. The highest BCUT2D eigenvalue weighted by molar-refractivity contribution is 5.76. The number of amides is 1. The number of nitrogens with two attached hydrogens (primary N) is 1. The largest absolute Gasteiger partial charge is 0.339 e. The maximum atomic E-state index is 12.0. The Bertz CT molecular complexity index is 259. The van der Waals surface area contributed by atoms with Crippen molar-refractivity contribution in [2.75, 3.05) is 19.6 Å². The summed E-state index contributed by atoms with van der Waals surface area (Å²) in [5, 5.41) is 0. The normalized spacial score (nSPS) is 11.4. The summed E-state index contributed by atoms with van der Waals surface area (Å²) >= 11 is 0. The van der Waals surface area contributed by atoms with Gasteiger partial charge < -0.3 is 10.6 Å². The fraction of sp³-hybridized carbons (Fsp3) is 0.786. The molecule has 3 heteroatoms. The van der Waals surface area contributed by atoms with Gasteiger partial charge in [-0.05, 0) is 38.6 Å². The summed E-state index contributed by atoms with van der Waals surface area (Å²) in [5.41, 5.74) is 6.75. The predicted octanol–water partition coefficient (Wildman–Crippen LogP) is 2.57. The zero-order valence-electron chi connectivity index (χ0n) is 11.9. The molecule has 0 heterocycles. The van der Waals surface area contributed by atoms with Crippen LogP contribution < -0.4 is 5.73 Å². The van der Waals surface area contributed by atoms with Gasteiger partial charge in [0, 0.05) is 19.5 Å². The quantitative estimate of drug-likeness (QED) is 0.663. The molecule has 1 amide bonds. The van der Waals surface area contributed by atoms with E-state index in [4.69, 9.17) is 5.73 Å². The van der Waals surface area contributed by atoms with E-state index in [2.05, 4.69) is 20.4 Å². The molecular weight excluding hydrogens is 212 g/mol. The minimum Gasteiger partial charge on any atom is -0.339 e. The number of likely N-dealkylation sites (N-methyl/N-ethyl adjacent to an activating group) is 1. The highest BCUT2D eigenvalue weighted by Crippen LogP contribution is 2.26. The second kappa shape index (κ2) is 7.49. The van der Waals surface area contributed by atoms with E-state index >= 15 is 0 Å². The van der Waals surface area contributed by atoms with Crippen molar-refractivity contribution in [2.45, 2.75) is 47.0 Å². The number of rotatable bonds is 8. The lowest BCUT2D eigenvalue weighted by Crippen LogP contribution is -2.33. The Balaban J connectivity index is 4.19. The van der Waals surface area contributed by atoms with E-state index < -0.39 is 0 Å². The first-order valence-electron chi connectivity index (χ1n) is 6.44. The van der Waals surface area contributed by atoms with Gasteiger partial charge in [-0.1, -0.05) is 26.0 Å². The Labute approximate surface area is 106 Å². The average molecular weight is 240 g/mol. The van der Waals surface area contributed by atoms with E-state index in [0.29, 0.717) is 19.5 Å². The molecule has 0 aliphatic rings. The maximum Gasteiger partial charge on any atom is 0.222 e. The summed E-state index contributed by atoms with van der Waals surface area (Å²) in [5.74, 6) is 0.223. The standard InChI is InChI=1S/C14H28N2O/c1-6-16(11-12(2)3)13(17)7-8-14(4,5)9-10-15/h2,6-11,15H2,1,3-5H3. The SMILES string of the molecule is C=C(C)CN(CC)C(=O)CCC(C)(C)CCN. The number of hydrogen-bond acceptors (Lipinski definition) is 2. The predicted molar refractivity (Wildman–Crippen MR) is 73.8 cm³/mol. The van der Waals surface area contributed by atoms with Crippen molar-refractivity contribution in [1.29, 1.82) is 0 Å². The first-order valence-corrected chi connectivity index (χ1v) is 6.44. The summed E-state index contributed by atoms with van der Waals surface area (Å²) in [6, 6.07) is 0. The molecule has 0 saturated heterocycles. The van der Waals surface area contributed by atoms with Crippen molar-refractivity contribution in [2.24, 2.45) is 11.1 Å². The molecule has 0 aliphatic heterocycles. The summed E-state index contributed by atoms with van der Waals surface area (Å²) in [7, 11) is 0. The van der Waals surface area contributed by atoms with Gasteiger partial charge in [0.15, 0.2) is 0 Å². The molecule has 2 N–H and O–H groups in total. The van der Waals surface area contributed by atoms with Gasteiger partial charge in [-0.3, -0.25) is 4.79 Å². The van der Waals surface area contributed by atoms with Crippen LogP contribution in [0.25, 0.3) is 0 Å².